The van der Waals surface area contributed by atoms with Gasteiger partial charge in [0.15, 0.2) is 6.79 Å². The topological polar surface area (TPSA) is 18.5 Å². The molecule has 0 aromatic heterocycles. The van der Waals surface area contributed by atoms with Crippen LogP contribution in [0.4, 0.5) is 17.6 Å². The van der Waals surface area contributed by atoms with Crippen molar-refractivity contribution >= 4 is 15.9 Å². The van der Waals surface area contributed by atoms with E-state index in [0.29, 0.717) is 4.47 Å². The maximum absolute atomic E-state index is 12.6. The van der Waals surface area contributed by atoms with E-state index < -0.39 is 25.4 Å². The van der Waals surface area contributed by atoms with Gasteiger partial charge in [-0.05, 0) is 34.1 Å². The molecular weight excluding hydrogens is 296 g/mol. The molecule has 0 spiro atoms. The molecule has 0 bridgehead atoms. The lowest BCUT2D eigenvalue weighted by Gasteiger charge is -2.10. The van der Waals surface area contributed by atoms with Crippen molar-refractivity contribution in [1.29, 1.82) is 0 Å². The molecule has 7 heteroatoms. The average Bonchev–Trinajstić information content (AvgIpc) is 2.13. The van der Waals surface area contributed by atoms with Gasteiger partial charge in [-0.25, -0.2) is 4.39 Å². The summed E-state index contributed by atoms with van der Waals surface area (Å²) in [5.74, 6) is -0.265. The van der Waals surface area contributed by atoms with Gasteiger partial charge >= 0.3 is 6.18 Å². The van der Waals surface area contributed by atoms with E-state index in [0.717, 1.165) is 12.1 Å². The minimum atomic E-state index is -4.39. The zero-order chi connectivity index (χ0) is 12.2. The monoisotopic (exact) mass is 302 g/mol. The highest BCUT2D eigenvalue weighted by Crippen LogP contribution is 2.25. The Labute approximate surface area is 97.3 Å². The predicted octanol–water partition coefficient (Wildman–Crippen LogP) is 3.50. The fourth-order valence-corrected chi connectivity index (χ4v) is 1.32. The van der Waals surface area contributed by atoms with Crippen molar-refractivity contribution < 1.29 is 27.0 Å². The molecule has 0 atom stereocenters. The van der Waals surface area contributed by atoms with Gasteiger partial charge in [-0.15, -0.1) is 0 Å². The number of ether oxygens (including phenoxy) is 2. The molecule has 0 saturated heterocycles. The average molecular weight is 303 g/mol. The molecule has 0 aliphatic rings. The van der Waals surface area contributed by atoms with Crippen molar-refractivity contribution in [2.75, 3.05) is 13.4 Å². The highest BCUT2D eigenvalue weighted by Gasteiger charge is 2.27. The Morgan fingerprint density at radius 2 is 1.94 bits per heavy atom. The third-order valence-corrected chi connectivity index (χ3v) is 2.08. The van der Waals surface area contributed by atoms with Crippen molar-refractivity contribution in [2.24, 2.45) is 0 Å². The summed E-state index contributed by atoms with van der Waals surface area (Å²) in [5.41, 5.74) is 0. The Morgan fingerprint density at radius 1 is 1.25 bits per heavy atom. The number of hydrogen-bond acceptors (Lipinski definition) is 2. The third kappa shape index (κ3) is 4.80. The van der Waals surface area contributed by atoms with E-state index in [9.17, 15) is 17.6 Å². The molecule has 16 heavy (non-hydrogen) atoms. The molecule has 0 saturated carbocycles. The van der Waals surface area contributed by atoms with Gasteiger partial charge in [0.2, 0.25) is 0 Å². The van der Waals surface area contributed by atoms with Crippen molar-refractivity contribution in [1.82, 2.24) is 0 Å². The van der Waals surface area contributed by atoms with E-state index >= 15 is 0 Å². The van der Waals surface area contributed by atoms with E-state index in [2.05, 4.69) is 20.7 Å². The second-order valence-corrected chi connectivity index (χ2v) is 3.65. The van der Waals surface area contributed by atoms with Crippen LogP contribution in [0.2, 0.25) is 0 Å². The van der Waals surface area contributed by atoms with E-state index in [1.54, 1.807) is 0 Å². The molecular formula is C9H7BrF4O2. The molecule has 0 aliphatic carbocycles. The van der Waals surface area contributed by atoms with Gasteiger partial charge in [0.25, 0.3) is 0 Å². The molecule has 0 heterocycles. The van der Waals surface area contributed by atoms with Crippen LogP contribution in [0, 0.1) is 5.82 Å². The zero-order valence-electron chi connectivity index (χ0n) is 7.85. The fourth-order valence-electron chi connectivity index (χ4n) is 0.855. The van der Waals surface area contributed by atoms with Crippen molar-refractivity contribution in [3.63, 3.8) is 0 Å². The summed E-state index contributed by atoms with van der Waals surface area (Å²) < 4.78 is 57.0. The van der Waals surface area contributed by atoms with Crippen LogP contribution in [0.3, 0.4) is 0 Å². The summed E-state index contributed by atoms with van der Waals surface area (Å²) in [5, 5.41) is 0. The highest BCUT2D eigenvalue weighted by atomic mass is 79.9. The quantitative estimate of drug-likeness (QED) is 0.481. The first kappa shape index (κ1) is 13.2. The third-order valence-electron chi connectivity index (χ3n) is 1.46. The number of rotatable bonds is 4. The highest BCUT2D eigenvalue weighted by molar-refractivity contribution is 9.10. The molecule has 0 fully saturated rings. The number of alkyl halides is 3. The zero-order valence-corrected chi connectivity index (χ0v) is 9.44. The van der Waals surface area contributed by atoms with E-state index in [-0.39, 0.29) is 5.75 Å². The van der Waals surface area contributed by atoms with Gasteiger partial charge in [-0.2, -0.15) is 13.2 Å². The van der Waals surface area contributed by atoms with Crippen LogP contribution < -0.4 is 4.74 Å². The molecule has 0 amide bonds. The minimum Gasteiger partial charge on any atom is -0.466 e. The lowest BCUT2D eigenvalue weighted by molar-refractivity contribution is -0.186. The van der Waals surface area contributed by atoms with Crippen LogP contribution in [0.5, 0.6) is 5.75 Å². The fraction of sp³-hybridized carbons (Fsp3) is 0.333. The molecule has 0 N–H and O–H groups in total. The smallest absolute Gasteiger partial charge is 0.411 e. The Hall–Kier alpha value is -0.820. The molecule has 1 rings (SSSR count). The van der Waals surface area contributed by atoms with Gasteiger partial charge in [0.1, 0.15) is 18.2 Å². The first-order chi connectivity index (χ1) is 7.38. The van der Waals surface area contributed by atoms with Gasteiger partial charge in [0.05, 0.1) is 4.47 Å². The molecule has 1 aromatic carbocycles. The Kier molecular flexibility index (Phi) is 4.55. The molecule has 0 aliphatic heterocycles. The van der Waals surface area contributed by atoms with Gasteiger partial charge in [-0.1, -0.05) is 0 Å². The Morgan fingerprint density at radius 3 is 2.50 bits per heavy atom. The van der Waals surface area contributed by atoms with Crippen molar-refractivity contribution in [3.8, 4) is 5.75 Å². The van der Waals surface area contributed by atoms with E-state index in [4.69, 9.17) is 4.74 Å². The second kappa shape index (κ2) is 5.49. The van der Waals surface area contributed by atoms with Gasteiger partial charge in [-0.3, -0.25) is 0 Å². The summed E-state index contributed by atoms with van der Waals surface area (Å²) in [7, 11) is 0. The predicted molar refractivity (Wildman–Crippen MR) is 51.6 cm³/mol. The van der Waals surface area contributed by atoms with Crippen LogP contribution in [-0.2, 0) is 4.74 Å². The number of halogens is 5. The lowest BCUT2D eigenvalue weighted by atomic mass is 10.3. The van der Waals surface area contributed by atoms with Crippen molar-refractivity contribution in [3.05, 3.63) is 28.5 Å². The standard InChI is InChI=1S/C9H7BrF4O2/c10-7-3-6(11)1-2-8(7)16-5-15-4-9(12,13)14/h1-3H,4-5H2. The second-order valence-electron chi connectivity index (χ2n) is 2.80. The summed E-state index contributed by atoms with van der Waals surface area (Å²) in [6, 6.07) is 3.55. The summed E-state index contributed by atoms with van der Waals surface area (Å²) >= 11 is 3.00. The van der Waals surface area contributed by atoms with Crippen molar-refractivity contribution in [2.45, 2.75) is 6.18 Å². The van der Waals surface area contributed by atoms with Crippen LogP contribution in [-0.4, -0.2) is 19.6 Å². The van der Waals surface area contributed by atoms with E-state index in [1.165, 1.54) is 6.07 Å². The van der Waals surface area contributed by atoms with Crippen LogP contribution >= 0.6 is 15.9 Å². The first-order valence-electron chi connectivity index (χ1n) is 4.11. The Bertz CT molecular complexity index is 354. The summed E-state index contributed by atoms with van der Waals surface area (Å²) in [6.45, 7) is -1.93. The summed E-state index contributed by atoms with van der Waals surface area (Å²) in [6.07, 6.45) is -4.39. The first-order valence-corrected chi connectivity index (χ1v) is 4.90. The SMILES string of the molecule is Fc1ccc(OCOCC(F)(F)F)c(Br)c1. The molecule has 90 valence electrons. The molecule has 0 unspecified atom stereocenters. The number of hydrogen-bond donors (Lipinski definition) is 0. The maximum Gasteiger partial charge on any atom is 0.411 e. The van der Waals surface area contributed by atoms with Crippen LogP contribution in [0.15, 0.2) is 22.7 Å². The maximum atomic E-state index is 12.6. The van der Waals surface area contributed by atoms with Gasteiger partial charge in [0, 0.05) is 0 Å². The Balaban J connectivity index is 2.38. The van der Waals surface area contributed by atoms with Gasteiger partial charge < -0.3 is 9.47 Å². The molecule has 1 aromatic rings. The lowest BCUT2D eigenvalue weighted by Crippen LogP contribution is -2.19. The molecule has 2 nitrogen and oxygen atoms in total. The van der Waals surface area contributed by atoms with Crippen LogP contribution in [0.1, 0.15) is 0 Å². The molecule has 0 radical (unpaired) electrons. The minimum absolute atomic E-state index is 0.212. The largest absolute Gasteiger partial charge is 0.466 e. The summed E-state index contributed by atoms with van der Waals surface area (Å²) in [4.78, 5) is 0. The normalized spacial score (nSPS) is 11.6. The van der Waals surface area contributed by atoms with Crippen LogP contribution in [0.25, 0.3) is 0 Å². The number of benzene rings is 1. The van der Waals surface area contributed by atoms with E-state index in [1.807, 2.05) is 0 Å².